The maximum absolute atomic E-state index is 12.8. The molecule has 0 aliphatic rings. The zero-order valence-electron chi connectivity index (χ0n) is 13.2. The molecule has 0 radical (unpaired) electrons. The van der Waals surface area contributed by atoms with Crippen LogP contribution in [0.3, 0.4) is 0 Å². The number of carbonyl (C=O) groups is 1. The van der Waals surface area contributed by atoms with Gasteiger partial charge in [0.05, 0.1) is 15.2 Å². The summed E-state index contributed by atoms with van der Waals surface area (Å²) >= 11 is 1.65. The predicted octanol–water partition coefficient (Wildman–Crippen LogP) is 4.41. The van der Waals surface area contributed by atoms with Gasteiger partial charge in [-0.2, -0.15) is 0 Å². The second-order valence-corrected chi connectivity index (χ2v) is 6.45. The Balaban J connectivity index is 1.61. The van der Waals surface area contributed by atoms with Gasteiger partial charge in [0.1, 0.15) is 11.6 Å². The van der Waals surface area contributed by atoms with E-state index in [0.717, 1.165) is 28.1 Å². The molecular formula is C18H17FN2O2S. The molecule has 0 saturated carbocycles. The average molecular weight is 344 g/mol. The highest BCUT2D eigenvalue weighted by Crippen LogP contribution is 2.26. The summed E-state index contributed by atoms with van der Waals surface area (Å²) in [5, 5.41) is 3.90. The molecule has 24 heavy (non-hydrogen) atoms. The molecular weight excluding hydrogens is 327 g/mol. The van der Waals surface area contributed by atoms with E-state index in [2.05, 4.69) is 17.2 Å². The fourth-order valence-corrected chi connectivity index (χ4v) is 3.36. The highest BCUT2D eigenvalue weighted by molar-refractivity contribution is 7.18. The monoisotopic (exact) mass is 344 g/mol. The van der Waals surface area contributed by atoms with E-state index in [1.54, 1.807) is 11.3 Å². The molecule has 0 saturated heterocycles. The summed E-state index contributed by atoms with van der Waals surface area (Å²) in [6, 6.07) is 11.2. The Bertz CT molecular complexity index is 846. The third-order valence-electron chi connectivity index (χ3n) is 3.36. The summed E-state index contributed by atoms with van der Waals surface area (Å²) in [7, 11) is 0. The zero-order valence-corrected chi connectivity index (χ0v) is 14.0. The molecule has 124 valence electrons. The molecule has 3 rings (SSSR count). The van der Waals surface area contributed by atoms with Crippen LogP contribution in [0.4, 0.5) is 10.1 Å². The Kier molecular flexibility index (Phi) is 5.05. The molecule has 0 aliphatic carbocycles. The Morgan fingerprint density at radius 2 is 2.04 bits per heavy atom. The second kappa shape index (κ2) is 7.40. The van der Waals surface area contributed by atoms with E-state index in [0.29, 0.717) is 11.4 Å². The normalized spacial score (nSPS) is 10.8. The molecule has 3 aromatic rings. The van der Waals surface area contributed by atoms with Crippen molar-refractivity contribution in [1.29, 1.82) is 0 Å². The first-order valence-electron chi connectivity index (χ1n) is 7.71. The van der Waals surface area contributed by atoms with Crippen molar-refractivity contribution in [3.63, 3.8) is 0 Å². The number of ether oxygens (including phenoxy) is 1. The standard InChI is InChI=1S/C18H17FN2O2S/c1-2-3-18-21-15-9-6-13(10-16(15)24-18)20-17(22)11-23-14-7-4-12(19)5-8-14/h4-10H,2-3,11H2,1H3,(H,20,22). The van der Waals surface area contributed by atoms with Crippen molar-refractivity contribution in [2.24, 2.45) is 0 Å². The summed E-state index contributed by atoms with van der Waals surface area (Å²) in [6.07, 6.45) is 2.02. The number of thiazole rings is 1. The number of nitrogens with zero attached hydrogens (tertiary/aromatic N) is 1. The van der Waals surface area contributed by atoms with Gasteiger partial charge in [0.25, 0.3) is 5.91 Å². The topological polar surface area (TPSA) is 51.2 Å². The summed E-state index contributed by atoms with van der Waals surface area (Å²) in [6.45, 7) is 1.99. The molecule has 0 bridgehead atoms. The summed E-state index contributed by atoms with van der Waals surface area (Å²) in [5.74, 6) is -0.155. The smallest absolute Gasteiger partial charge is 0.262 e. The van der Waals surface area contributed by atoms with Crippen molar-refractivity contribution < 1.29 is 13.9 Å². The molecule has 0 atom stereocenters. The fourth-order valence-electron chi connectivity index (χ4n) is 2.25. The lowest BCUT2D eigenvalue weighted by Crippen LogP contribution is -2.20. The predicted molar refractivity (Wildman–Crippen MR) is 94.1 cm³/mol. The number of aromatic nitrogens is 1. The molecule has 1 N–H and O–H groups in total. The number of hydrogen-bond donors (Lipinski definition) is 1. The van der Waals surface area contributed by atoms with Crippen molar-refractivity contribution in [1.82, 2.24) is 4.98 Å². The second-order valence-electron chi connectivity index (χ2n) is 5.33. The summed E-state index contributed by atoms with van der Waals surface area (Å²) in [5.41, 5.74) is 1.66. The van der Waals surface area contributed by atoms with Gasteiger partial charge in [0, 0.05) is 5.69 Å². The molecule has 1 amide bonds. The first-order valence-corrected chi connectivity index (χ1v) is 8.53. The maximum Gasteiger partial charge on any atom is 0.262 e. The van der Waals surface area contributed by atoms with Crippen molar-refractivity contribution in [3.05, 3.63) is 53.3 Å². The summed E-state index contributed by atoms with van der Waals surface area (Å²) in [4.78, 5) is 16.5. The highest BCUT2D eigenvalue weighted by atomic mass is 32.1. The van der Waals surface area contributed by atoms with E-state index < -0.39 is 0 Å². The fraction of sp³-hybridized carbons (Fsp3) is 0.222. The quantitative estimate of drug-likeness (QED) is 0.721. The first kappa shape index (κ1) is 16.4. The number of fused-ring (bicyclic) bond motifs is 1. The van der Waals surface area contributed by atoms with E-state index in [-0.39, 0.29) is 18.3 Å². The minimum absolute atomic E-state index is 0.132. The van der Waals surface area contributed by atoms with Gasteiger partial charge in [-0.25, -0.2) is 9.37 Å². The van der Waals surface area contributed by atoms with Crippen molar-refractivity contribution in [3.8, 4) is 5.75 Å². The average Bonchev–Trinajstić information content (AvgIpc) is 2.96. The molecule has 0 aliphatic heterocycles. The van der Waals surface area contributed by atoms with Crippen LogP contribution in [-0.4, -0.2) is 17.5 Å². The van der Waals surface area contributed by atoms with Gasteiger partial charge in [-0.3, -0.25) is 4.79 Å². The zero-order chi connectivity index (χ0) is 16.9. The van der Waals surface area contributed by atoms with Crippen LogP contribution in [0.1, 0.15) is 18.4 Å². The largest absolute Gasteiger partial charge is 0.484 e. The van der Waals surface area contributed by atoms with Crippen LogP contribution < -0.4 is 10.1 Å². The van der Waals surface area contributed by atoms with E-state index in [9.17, 15) is 9.18 Å². The van der Waals surface area contributed by atoms with E-state index >= 15 is 0 Å². The Labute approximate surface area is 143 Å². The van der Waals surface area contributed by atoms with E-state index in [1.807, 2.05) is 18.2 Å². The third-order valence-corrected chi connectivity index (χ3v) is 4.44. The lowest BCUT2D eigenvalue weighted by atomic mass is 10.3. The number of benzene rings is 2. The minimum Gasteiger partial charge on any atom is -0.484 e. The van der Waals surface area contributed by atoms with Crippen LogP contribution in [-0.2, 0) is 11.2 Å². The van der Waals surface area contributed by atoms with Gasteiger partial charge in [0.15, 0.2) is 6.61 Å². The number of aryl methyl sites for hydroxylation is 1. The molecule has 1 aromatic heterocycles. The molecule has 6 heteroatoms. The lowest BCUT2D eigenvalue weighted by molar-refractivity contribution is -0.118. The maximum atomic E-state index is 12.8. The van der Waals surface area contributed by atoms with Gasteiger partial charge in [-0.05, 0) is 55.3 Å². The van der Waals surface area contributed by atoms with Crippen LogP contribution in [0.2, 0.25) is 0 Å². The number of hydrogen-bond acceptors (Lipinski definition) is 4. The van der Waals surface area contributed by atoms with Crippen LogP contribution in [0.25, 0.3) is 10.2 Å². The Hall–Kier alpha value is -2.47. The van der Waals surface area contributed by atoms with Gasteiger partial charge in [-0.15, -0.1) is 11.3 Å². The number of amides is 1. The molecule has 1 heterocycles. The van der Waals surface area contributed by atoms with Crippen LogP contribution in [0.5, 0.6) is 5.75 Å². The lowest BCUT2D eigenvalue weighted by Gasteiger charge is -2.07. The van der Waals surface area contributed by atoms with Gasteiger partial charge < -0.3 is 10.1 Å². The third kappa shape index (κ3) is 4.08. The van der Waals surface area contributed by atoms with Gasteiger partial charge in [-0.1, -0.05) is 6.92 Å². The Morgan fingerprint density at radius 3 is 2.79 bits per heavy atom. The first-order chi connectivity index (χ1) is 11.6. The van der Waals surface area contributed by atoms with Gasteiger partial charge >= 0.3 is 0 Å². The van der Waals surface area contributed by atoms with Crippen molar-refractivity contribution in [2.45, 2.75) is 19.8 Å². The number of nitrogens with one attached hydrogen (secondary N) is 1. The molecule has 0 spiro atoms. The van der Waals surface area contributed by atoms with Crippen LogP contribution >= 0.6 is 11.3 Å². The summed E-state index contributed by atoms with van der Waals surface area (Å²) < 4.78 is 19.2. The van der Waals surface area contributed by atoms with Crippen LogP contribution in [0, 0.1) is 5.82 Å². The minimum atomic E-state index is -0.341. The van der Waals surface area contributed by atoms with Crippen LogP contribution in [0.15, 0.2) is 42.5 Å². The molecule has 0 fully saturated rings. The Morgan fingerprint density at radius 1 is 1.25 bits per heavy atom. The number of carbonyl (C=O) groups excluding carboxylic acids is 1. The number of anilines is 1. The molecule has 0 unspecified atom stereocenters. The highest BCUT2D eigenvalue weighted by Gasteiger charge is 2.07. The van der Waals surface area contributed by atoms with E-state index in [1.165, 1.54) is 24.3 Å². The SMILES string of the molecule is CCCc1nc2ccc(NC(=O)COc3ccc(F)cc3)cc2s1. The molecule has 2 aromatic carbocycles. The van der Waals surface area contributed by atoms with Crippen molar-refractivity contribution >= 4 is 33.1 Å². The number of halogens is 1. The van der Waals surface area contributed by atoms with E-state index in [4.69, 9.17) is 4.74 Å². The van der Waals surface area contributed by atoms with Gasteiger partial charge in [0.2, 0.25) is 0 Å². The number of rotatable bonds is 6. The van der Waals surface area contributed by atoms with Crippen molar-refractivity contribution in [2.75, 3.05) is 11.9 Å². The molecule has 4 nitrogen and oxygen atoms in total.